The summed E-state index contributed by atoms with van der Waals surface area (Å²) in [5.74, 6) is 0.232. The number of carbonyl (C=O) groups excluding carboxylic acids is 1. The molecule has 0 aromatic heterocycles. The van der Waals surface area contributed by atoms with Gasteiger partial charge in [-0.2, -0.15) is 0 Å². The normalized spacial score (nSPS) is 19.8. The monoisotopic (exact) mass is 257 g/mol. The Morgan fingerprint density at radius 2 is 2.05 bits per heavy atom. The highest BCUT2D eigenvalue weighted by Gasteiger charge is 2.28. The number of hydrogen-bond donors (Lipinski definition) is 0. The molecule has 2 rings (SSSR count). The minimum absolute atomic E-state index is 0.232. The highest BCUT2D eigenvalue weighted by molar-refractivity contribution is 5.98. The van der Waals surface area contributed by atoms with Gasteiger partial charge in [0.2, 0.25) is 5.91 Å². The molecular weight excluding hydrogens is 234 g/mol. The number of likely N-dealkylation sites (tertiary alicyclic amines) is 1. The maximum atomic E-state index is 12.6. The van der Waals surface area contributed by atoms with E-state index in [0.29, 0.717) is 6.04 Å². The van der Waals surface area contributed by atoms with Crippen LogP contribution in [-0.4, -0.2) is 23.4 Å². The molecule has 1 heterocycles. The molecule has 19 heavy (non-hydrogen) atoms. The zero-order valence-corrected chi connectivity index (χ0v) is 11.9. The van der Waals surface area contributed by atoms with Gasteiger partial charge in [0.25, 0.3) is 0 Å². The molecule has 0 spiro atoms. The lowest BCUT2D eigenvalue weighted by molar-refractivity contribution is -0.128. The zero-order valence-electron chi connectivity index (χ0n) is 11.9. The third-order valence-electron chi connectivity index (χ3n) is 3.91. The molecular formula is C17H23NO. The van der Waals surface area contributed by atoms with E-state index in [4.69, 9.17) is 0 Å². The number of rotatable bonds is 4. The summed E-state index contributed by atoms with van der Waals surface area (Å²) in [4.78, 5) is 14.7. The lowest BCUT2D eigenvalue weighted by Crippen LogP contribution is -2.35. The Bertz CT molecular complexity index is 450. The maximum Gasteiger partial charge on any atom is 0.250 e. The fourth-order valence-corrected chi connectivity index (χ4v) is 2.78. The fourth-order valence-electron chi connectivity index (χ4n) is 2.78. The average molecular weight is 257 g/mol. The molecule has 1 fully saturated rings. The van der Waals surface area contributed by atoms with Crippen LogP contribution in [0.25, 0.3) is 6.08 Å². The van der Waals surface area contributed by atoms with E-state index < -0.39 is 0 Å². The molecule has 0 aliphatic carbocycles. The SMILES string of the molecule is CC/C(=C\c1ccccc1)C(=O)N1CCCC1CC. The third kappa shape index (κ3) is 3.25. The van der Waals surface area contributed by atoms with Gasteiger partial charge in [0.15, 0.2) is 0 Å². The summed E-state index contributed by atoms with van der Waals surface area (Å²) >= 11 is 0. The Hall–Kier alpha value is -1.57. The first-order valence-electron chi connectivity index (χ1n) is 7.32. The third-order valence-corrected chi connectivity index (χ3v) is 3.91. The van der Waals surface area contributed by atoms with E-state index >= 15 is 0 Å². The lowest BCUT2D eigenvalue weighted by Gasteiger charge is -2.24. The molecule has 2 heteroatoms. The quantitative estimate of drug-likeness (QED) is 0.750. The van der Waals surface area contributed by atoms with Crippen molar-refractivity contribution in [3.8, 4) is 0 Å². The summed E-state index contributed by atoms with van der Waals surface area (Å²) in [6.45, 7) is 5.15. The van der Waals surface area contributed by atoms with Crippen LogP contribution in [0.4, 0.5) is 0 Å². The minimum Gasteiger partial charge on any atom is -0.336 e. The van der Waals surface area contributed by atoms with E-state index in [9.17, 15) is 4.79 Å². The number of benzene rings is 1. The Morgan fingerprint density at radius 3 is 2.68 bits per heavy atom. The highest BCUT2D eigenvalue weighted by Crippen LogP contribution is 2.23. The van der Waals surface area contributed by atoms with Gasteiger partial charge < -0.3 is 4.90 Å². The first kappa shape index (κ1) is 13.9. The second-order valence-corrected chi connectivity index (χ2v) is 5.14. The molecule has 0 bridgehead atoms. The van der Waals surface area contributed by atoms with Crippen molar-refractivity contribution in [2.75, 3.05) is 6.54 Å². The predicted octanol–water partition coefficient (Wildman–Crippen LogP) is 3.88. The largest absolute Gasteiger partial charge is 0.336 e. The van der Waals surface area contributed by atoms with Crippen molar-refractivity contribution < 1.29 is 4.79 Å². The molecule has 1 saturated heterocycles. The Balaban J connectivity index is 2.18. The second-order valence-electron chi connectivity index (χ2n) is 5.14. The number of hydrogen-bond acceptors (Lipinski definition) is 1. The molecule has 0 saturated carbocycles. The van der Waals surface area contributed by atoms with Crippen LogP contribution in [-0.2, 0) is 4.79 Å². The summed E-state index contributed by atoms with van der Waals surface area (Å²) in [5, 5.41) is 0. The lowest BCUT2D eigenvalue weighted by atomic mass is 10.1. The van der Waals surface area contributed by atoms with Gasteiger partial charge in [-0.15, -0.1) is 0 Å². The van der Waals surface area contributed by atoms with Crippen LogP contribution >= 0.6 is 0 Å². The molecule has 1 aliphatic rings. The Kier molecular flexibility index (Phi) is 4.78. The number of amides is 1. The van der Waals surface area contributed by atoms with Crippen LogP contribution in [0.2, 0.25) is 0 Å². The number of nitrogens with zero attached hydrogens (tertiary/aromatic N) is 1. The second kappa shape index (κ2) is 6.55. The minimum atomic E-state index is 0.232. The van der Waals surface area contributed by atoms with E-state index in [1.54, 1.807) is 0 Å². The van der Waals surface area contributed by atoms with Crippen LogP contribution in [0.1, 0.15) is 45.1 Å². The zero-order chi connectivity index (χ0) is 13.7. The summed E-state index contributed by atoms with van der Waals surface area (Å²) in [6, 6.07) is 10.5. The summed E-state index contributed by atoms with van der Waals surface area (Å²) in [6.07, 6.45) is 6.19. The first-order valence-corrected chi connectivity index (χ1v) is 7.32. The average Bonchev–Trinajstić information content (AvgIpc) is 2.93. The van der Waals surface area contributed by atoms with Gasteiger partial charge in [-0.25, -0.2) is 0 Å². The fraction of sp³-hybridized carbons (Fsp3) is 0.471. The van der Waals surface area contributed by atoms with Crippen molar-refractivity contribution in [1.29, 1.82) is 0 Å². The van der Waals surface area contributed by atoms with E-state index in [0.717, 1.165) is 43.4 Å². The summed E-state index contributed by atoms with van der Waals surface area (Å²) < 4.78 is 0. The van der Waals surface area contributed by atoms with Crippen molar-refractivity contribution in [3.05, 3.63) is 41.5 Å². The molecule has 0 radical (unpaired) electrons. The molecule has 102 valence electrons. The standard InChI is InChI=1S/C17H23NO/c1-3-15(13-14-9-6-5-7-10-14)17(19)18-12-8-11-16(18)4-2/h5-7,9-10,13,16H,3-4,8,11-12H2,1-2H3/b15-13+. The highest BCUT2D eigenvalue weighted by atomic mass is 16.2. The Morgan fingerprint density at radius 1 is 1.32 bits per heavy atom. The van der Waals surface area contributed by atoms with Crippen molar-refractivity contribution in [2.24, 2.45) is 0 Å². The van der Waals surface area contributed by atoms with E-state index in [1.165, 1.54) is 0 Å². The first-order chi connectivity index (χ1) is 9.26. The maximum absolute atomic E-state index is 12.6. The molecule has 2 nitrogen and oxygen atoms in total. The summed E-state index contributed by atoms with van der Waals surface area (Å²) in [5.41, 5.74) is 2.03. The summed E-state index contributed by atoms with van der Waals surface area (Å²) in [7, 11) is 0. The number of carbonyl (C=O) groups is 1. The van der Waals surface area contributed by atoms with Gasteiger partial charge in [0, 0.05) is 18.2 Å². The van der Waals surface area contributed by atoms with Crippen molar-refractivity contribution >= 4 is 12.0 Å². The van der Waals surface area contributed by atoms with Gasteiger partial charge in [-0.1, -0.05) is 44.2 Å². The van der Waals surface area contributed by atoms with E-state index in [1.807, 2.05) is 36.4 Å². The Labute approximate surface area is 116 Å². The van der Waals surface area contributed by atoms with Crippen LogP contribution in [0.5, 0.6) is 0 Å². The molecule has 1 aromatic rings. The van der Waals surface area contributed by atoms with Crippen LogP contribution in [0.15, 0.2) is 35.9 Å². The van der Waals surface area contributed by atoms with Crippen LogP contribution < -0.4 is 0 Å². The molecule has 1 unspecified atom stereocenters. The van der Waals surface area contributed by atoms with Gasteiger partial charge in [-0.05, 0) is 37.3 Å². The predicted molar refractivity (Wildman–Crippen MR) is 79.7 cm³/mol. The van der Waals surface area contributed by atoms with Crippen molar-refractivity contribution in [3.63, 3.8) is 0 Å². The molecule has 1 atom stereocenters. The topological polar surface area (TPSA) is 20.3 Å². The molecule has 1 aromatic carbocycles. The van der Waals surface area contributed by atoms with Crippen LogP contribution in [0.3, 0.4) is 0 Å². The molecule has 1 amide bonds. The van der Waals surface area contributed by atoms with E-state index in [2.05, 4.69) is 18.7 Å². The van der Waals surface area contributed by atoms with Gasteiger partial charge >= 0.3 is 0 Å². The van der Waals surface area contributed by atoms with Crippen molar-refractivity contribution in [2.45, 2.75) is 45.6 Å². The smallest absolute Gasteiger partial charge is 0.250 e. The van der Waals surface area contributed by atoms with Gasteiger partial charge in [-0.3, -0.25) is 4.79 Å². The molecule has 0 N–H and O–H groups in total. The van der Waals surface area contributed by atoms with Gasteiger partial charge in [0.05, 0.1) is 0 Å². The van der Waals surface area contributed by atoms with E-state index in [-0.39, 0.29) is 5.91 Å². The van der Waals surface area contributed by atoms with Crippen LogP contribution in [0, 0.1) is 0 Å². The van der Waals surface area contributed by atoms with Crippen molar-refractivity contribution in [1.82, 2.24) is 4.90 Å². The van der Waals surface area contributed by atoms with Gasteiger partial charge in [0.1, 0.15) is 0 Å². The molecule has 1 aliphatic heterocycles.